The van der Waals surface area contributed by atoms with E-state index in [2.05, 4.69) is 21.5 Å². The van der Waals surface area contributed by atoms with Crippen LogP contribution in [-0.4, -0.2) is 46.5 Å². The molecule has 3 heterocycles. The van der Waals surface area contributed by atoms with E-state index in [1.165, 1.54) is 4.90 Å². The summed E-state index contributed by atoms with van der Waals surface area (Å²) in [6, 6.07) is 15.3. The molecule has 0 atom stereocenters. The number of urea groups is 2. The first-order chi connectivity index (χ1) is 16.0. The zero-order valence-corrected chi connectivity index (χ0v) is 17.7. The smallest absolute Gasteiger partial charge is 0.324 e. The molecule has 5 rings (SSSR count). The van der Waals surface area contributed by atoms with Gasteiger partial charge in [-0.15, -0.1) is 6.42 Å². The van der Waals surface area contributed by atoms with E-state index in [1.54, 1.807) is 53.6 Å². The van der Waals surface area contributed by atoms with E-state index in [0.29, 0.717) is 48.4 Å². The number of carbonyl (C=O) groups excluding carboxylic acids is 3. The third-order valence-electron chi connectivity index (χ3n) is 6.21. The average molecular weight is 439 g/mol. The topological polar surface area (TPSA) is 94.6 Å². The van der Waals surface area contributed by atoms with Crippen LogP contribution in [0.5, 0.6) is 0 Å². The lowest BCUT2D eigenvalue weighted by molar-refractivity contribution is -0.123. The highest BCUT2D eigenvalue weighted by Gasteiger charge is 2.53. The first kappa shape index (κ1) is 20.5. The number of rotatable bonds is 2. The predicted octanol–water partition coefficient (Wildman–Crippen LogP) is 3.34. The van der Waals surface area contributed by atoms with Gasteiger partial charge in [0.15, 0.2) is 0 Å². The van der Waals surface area contributed by atoms with Crippen molar-refractivity contribution in [2.75, 3.05) is 23.3 Å². The molecule has 3 aromatic rings. The Hall–Kier alpha value is -4.38. The summed E-state index contributed by atoms with van der Waals surface area (Å²) in [7, 11) is 0. The highest BCUT2D eigenvalue weighted by molar-refractivity contribution is 6.26. The summed E-state index contributed by atoms with van der Waals surface area (Å²) >= 11 is 0. The molecule has 1 aromatic heterocycles. The van der Waals surface area contributed by atoms with Crippen LogP contribution in [0.15, 0.2) is 60.8 Å². The van der Waals surface area contributed by atoms with Gasteiger partial charge in [-0.2, -0.15) is 0 Å². The maximum Gasteiger partial charge on any atom is 0.329 e. The molecule has 0 aliphatic carbocycles. The zero-order chi connectivity index (χ0) is 23.0. The number of nitrogens with zero attached hydrogens (tertiary/aromatic N) is 3. The average Bonchev–Trinajstić information content (AvgIpc) is 3.08. The van der Waals surface area contributed by atoms with Crippen LogP contribution in [-0.2, 0) is 4.79 Å². The highest BCUT2D eigenvalue weighted by atomic mass is 16.2. The molecule has 2 aliphatic heterocycles. The number of likely N-dealkylation sites (tertiary alicyclic amines) is 1. The number of amides is 5. The fourth-order valence-electron chi connectivity index (χ4n) is 4.44. The molecule has 8 heteroatoms. The van der Waals surface area contributed by atoms with Gasteiger partial charge in [0.05, 0.1) is 11.2 Å². The van der Waals surface area contributed by atoms with E-state index >= 15 is 0 Å². The number of hydrogen-bond acceptors (Lipinski definition) is 4. The quantitative estimate of drug-likeness (QED) is 0.473. The summed E-state index contributed by atoms with van der Waals surface area (Å²) in [5, 5.41) is 6.46. The van der Waals surface area contributed by atoms with Crippen LogP contribution in [0.1, 0.15) is 18.4 Å². The van der Waals surface area contributed by atoms with Crippen molar-refractivity contribution < 1.29 is 14.4 Å². The fourth-order valence-corrected chi connectivity index (χ4v) is 4.44. The molecule has 2 saturated heterocycles. The molecule has 2 fully saturated rings. The minimum absolute atomic E-state index is 0.271. The SMILES string of the molecule is C#Cc1cccc(NC(=O)N2CCC3(CC2)NC(=O)N(c2cccc4ncccc24)C3=O)c1. The van der Waals surface area contributed by atoms with E-state index < -0.39 is 11.6 Å². The fraction of sp³-hybridized carbons (Fsp3) is 0.200. The van der Waals surface area contributed by atoms with Crippen LogP contribution in [0.25, 0.3) is 10.9 Å². The van der Waals surface area contributed by atoms with Gasteiger partial charge in [-0.3, -0.25) is 9.78 Å². The monoisotopic (exact) mass is 439 g/mol. The first-order valence-electron chi connectivity index (χ1n) is 10.6. The Labute approximate surface area is 190 Å². The van der Waals surface area contributed by atoms with Crippen molar-refractivity contribution in [3.63, 3.8) is 0 Å². The number of pyridine rings is 1. The number of anilines is 2. The molecule has 2 aromatic carbocycles. The molecule has 0 unspecified atom stereocenters. The van der Waals surface area contributed by atoms with Crippen LogP contribution in [0, 0.1) is 12.3 Å². The molecule has 8 nitrogen and oxygen atoms in total. The Morgan fingerprint density at radius 1 is 1.09 bits per heavy atom. The second-order valence-corrected chi connectivity index (χ2v) is 8.14. The second kappa shape index (κ2) is 7.95. The third-order valence-corrected chi connectivity index (χ3v) is 6.21. The number of nitrogens with one attached hydrogen (secondary N) is 2. The highest BCUT2D eigenvalue weighted by Crippen LogP contribution is 2.35. The number of terminal acetylenes is 1. The van der Waals surface area contributed by atoms with Crippen LogP contribution >= 0.6 is 0 Å². The summed E-state index contributed by atoms with van der Waals surface area (Å²) in [6.07, 6.45) is 7.75. The van der Waals surface area contributed by atoms with Gasteiger partial charge >= 0.3 is 12.1 Å². The van der Waals surface area contributed by atoms with Crippen LogP contribution in [0.2, 0.25) is 0 Å². The number of hydrogen-bond donors (Lipinski definition) is 2. The van der Waals surface area contributed by atoms with Crippen molar-refractivity contribution in [3.05, 3.63) is 66.4 Å². The van der Waals surface area contributed by atoms with Crippen molar-refractivity contribution in [1.29, 1.82) is 0 Å². The van der Waals surface area contributed by atoms with Crippen molar-refractivity contribution in [1.82, 2.24) is 15.2 Å². The van der Waals surface area contributed by atoms with E-state index in [-0.39, 0.29) is 11.9 Å². The van der Waals surface area contributed by atoms with Gasteiger partial charge in [0, 0.05) is 35.9 Å². The molecule has 0 radical (unpaired) electrons. The number of aromatic nitrogens is 1. The van der Waals surface area contributed by atoms with Crippen molar-refractivity contribution in [3.8, 4) is 12.3 Å². The molecular weight excluding hydrogens is 418 g/mol. The number of imide groups is 1. The lowest BCUT2D eigenvalue weighted by Gasteiger charge is -2.37. The molecule has 33 heavy (non-hydrogen) atoms. The summed E-state index contributed by atoms with van der Waals surface area (Å²) in [6.45, 7) is 0.662. The molecule has 164 valence electrons. The normalized spacial score (nSPS) is 17.2. The van der Waals surface area contributed by atoms with E-state index in [9.17, 15) is 14.4 Å². The molecule has 0 saturated carbocycles. The van der Waals surface area contributed by atoms with Crippen LogP contribution < -0.4 is 15.5 Å². The number of piperidine rings is 1. The van der Waals surface area contributed by atoms with Gasteiger partial charge < -0.3 is 15.5 Å². The van der Waals surface area contributed by atoms with Crippen LogP contribution in [0.4, 0.5) is 21.0 Å². The van der Waals surface area contributed by atoms with E-state index in [4.69, 9.17) is 6.42 Å². The molecule has 2 aliphatic rings. The van der Waals surface area contributed by atoms with Crippen molar-refractivity contribution in [2.24, 2.45) is 0 Å². The lowest BCUT2D eigenvalue weighted by atomic mass is 9.87. The first-order valence-corrected chi connectivity index (χ1v) is 10.6. The lowest BCUT2D eigenvalue weighted by Crippen LogP contribution is -2.56. The van der Waals surface area contributed by atoms with Gasteiger partial charge in [-0.1, -0.05) is 18.1 Å². The van der Waals surface area contributed by atoms with E-state index in [0.717, 1.165) is 5.39 Å². The van der Waals surface area contributed by atoms with Crippen LogP contribution in [0.3, 0.4) is 0 Å². The van der Waals surface area contributed by atoms with Gasteiger partial charge in [-0.25, -0.2) is 14.5 Å². The van der Waals surface area contributed by atoms with Gasteiger partial charge in [0.25, 0.3) is 5.91 Å². The molecule has 1 spiro atoms. The maximum atomic E-state index is 13.5. The van der Waals surface area contributed by atoms with Gasteiger partial charge in [-0.05, 0) is 55.3 Å². The molecular formula is C25H21N5O3. The molecule has 2 N–H and O–H groups in total. The zero-order valence-electron chi connectivity index (χ0n) is 17.7. The summed E-state index contributed by atoms with van der Waals surface area (Å²) in [5.41, 5.74) is 1.47. The largest absolute Gasteiger partial charge is 0.329 e. The van der Waals surface area contributed by atoms with E-state index in [1.807, 2.05) is 12.1 Å². The Balaban J connectivity index is 1.31. The standard InChI is InChI=1S/C25H21N5O3/c1-2-17-6-3-7-18(16-17)27-23(32)29-14-11-25(12-15-29)22(31)30(24(33)28-25)21-10-4-9-20-19(21)8-5-13-26-20/h1,3-10,13,16H,11-12,14-15H2,(H,27,32)(H,28,33). The summed E-state index contributed by atoms with van der Waals surface area (Å²) in [5.74, 6) is 2.24. The van der Waals surface area contributed by atoms with Gasteiger partial charge in [0.2, 0.25) is 0 Å². The Bertz CT molecular complexity index is 1320. The summed E-state index contributed by atoms with van der Waals surface area (Å²) in [4.78, 5) is 46.2. The Morgan fingerprint density at radius 2 is 1.88 bits per heavy atom. The Morgan fingerprint density at radius 3 is 2.67 bits per heavy atom. The minimum atomic E-state index is -1.03. The Kier molecular flexibility index (Phi) is 4.94. The number of carbonyl (C=O) groups is 3. The third kappa shape index (κ3) is 3.53. The second-order valence-electron chi connectivity index (χ2n) is 8.14. The number of benzene rings is 2. The minimum Gasteiger partial charge on any atom is -0.324 e. The maximum absolute atomic E-state index is 13.5. The molecule has 5 amide bonds. The predicted molar refractivity (Wildman–Crippen MR) is 125 cm³/mol. The van der Waals surface area contributed by atoms with Gasteiger partial charge in [0.1, 0.15) is 5.54 Å². The van der Waals surface area contributed by atoms with Crippen molar-refractivity contribution in [2.45, 2.75) is 18.4 Å². The molecule has 0 bridgehead atoms. The summed E-state index contributed by atoms with van der Waals surface area (Å²) < 4.78 is 0. The van der Waals surface area contributed by atoms with Crippen molar-refractivity contribution >= 4 is 40.2 Å². The number of fused-ring (bicyclic) bond motifs is 1.